The lowest BCUT2D eigenvalue weighted by atomic mass is 9.83. The fraction of sp³-hybridized carbons (Fsp3) is 0.682. The molecule has 0 radical (unpaired) electrons. The first-order valence-electron chi connectivity index (χ1n) is 11.6. The van der Waals surface area contributed by atoms with E-state index in [4.69, 9.17) is 5.73 Å². The molecule has 3 aliphatic heterocycles. The van der Waals surface area contributed by atoms with E-state index in [1.54, 1.807) is 9.21 Å². The molecule has 3 atom stereocenters. The van der Waals surface area contributed by atoms with Gasteiger partial charge in [0.05, 0.1) is 5.75 Å². The first-order chi connectivity index (χ1) is 15.7. The average molecular weight is 489 g/mol. The Kier molecular flexibility index (Phi) is 7.20. The number of urea groups is 1. The molecule has 33 heavy (non-hydrogen) atoms. The minimum Gasteiger partial charge on any atom is -0.337 e. The zero-order valence-electron chi connectivity index (χ0n) is 18.5. The smallest absolute Gasteiger partial charge is 0.317 e. The number of amides is 2. The summed E-state index contributed by atoms with van der Waals surface area (Å²) in [6.07, 6.45) is 4.54. The van der Waals surface area contributed by atoms with Crippen LogP contribution in [0.1, 0.15) is 44.1 Å². The number of sulfonamides is 1. The van der Waals surface area contributed by atoms with Crippen molar-refractivity contribution in [3.63, 3.8) is 0 Å². The van der Waals surface area contributed by atoms with Crippen LogP contribution in [0.2, 0.25) is 0 Å². The molecule has 2 unspecified atom stereocenters. The molecule has 3 saturated heterocycles. The molecule has 2 bridgehead atoms. The van der Waals surface area contributed by atoms with E-state index < -0.39 is 33.5 Å². The van der Waals surface area contributed by atoms with Gasteiger partial charge in [0.1, 0.15) is 5.82 Å². The van der Waals surface area contributed by atoms with Gasteiger partial charge >= 0.3 is 6.03 Å². The van der Waals surface area contributed by atoms with E-state index in [9.17, 15) is 26.4 Å². The Hall–Kier alpha value is -1.85. The van der Waals surface area contributed by atoms with Gasteiger partial charge in [-0.15, -0.1) is 0 Å². The predicted octanol–water partition coefficient (Wildman–Crippen LogP) is 2.35. The van der Waals surface area contributed by atoms with Gasteiger partial charge in [0.2, 0.25) is 10.0 Å². The van der Waals surface area contributed by atoms with Crippen molar-refractivity contribution in [1.29, 1.82) is 0 Å². The Morgan fingerprint density at radius 1 is 1.06 bits per heavy atom. The maximum atomic E-state index is 14.0. The van der Waals surface area contributed by atoms with Crippen LogP contribution in [0.4, 0.5) is 18.0 Å². The third-order valence-corrected chi connectivity index (χ3v) is 9.16. The molecule has 184 valence electrons. The molecule has 0 aliphatic carbocycles. The first kappa shape index (κ1) is 24.3. The van der Waals surface area contributed by atoms with Crippen molar-refractivity contribution in [2.24, 2.45) is 11.7 Å². The molecule has 0 saturated carbocycles. The summed E-state index contributed by atoms with van der Waals surface area (Å²) in [4.78, 5) is 13.8. The van der Waals surface area contributed by atoms with Crippen molar-refractivity contribution in [2.75, 3.05) is 25.4 Å². The van der Waals surface area contributed by atoms with Gasteiger partial charge in [0.15, 0.2) is 11.6 Å². The molecule has 11 heteroatoms. The maximum absolute atomic E-state index is 14.0. The second-order valence-electron chi connectivity index (χ2n) is 9.41. The summed E-state index contributed by atoms with van der Waals surface area (Å²) < 4.78 is 68.4. The quantitative estimate of drug-likeness (QED) is 0.576. The van der Waals surface area contributed by atoms with Gasteiger partial charge in [-0.1, -0.05) is 0 Å². The summed E-state index contributed by atoms with van der Waals surface area (Å²) >= 11 is 0. The number of nitrogens with two attached hydrogens (primary N) is 1. The Labute approximate surface area is 192 Å². The van der Waals surface area contributed by atoms with Crippen molar-refractivity contribution in [2.45, 2.75) is 63.1 Å². The fourth-order valence-electron chi connectivity index (χ4n) is 5.55. The van der Waals surface area contributed by atoms with Crippen molar-refractivity contribution >= 4 is 16.1 Å². The minimum absolute atomic E-state index is 0.0255. The molecule has 0 aromatic heterocycles. The number of carbonyl (C=O) groups excluding carboxylic acids is 1. The number of nitrogens with zero attached hydrogens (tertiary/aromatic N) is 2. The summed E-state index contributed by atoms with van der Waals surface area (Å²) in [6, 6.07) is 0.285. The third-order valence-electron chi connectivity index (χ3n) is 7.20. The van der Waals surface area contributed by atoms with Gasteiger partial charge in [-0.3, -0.25) is 0 Å². The molecule has 0 spiro atoms. The van der Waals surface area contributed by atoms with Gasteiger partial charge in [-0.25, -0.2) is 26.4 Å². The summed E-state index contributed by atoms with van der Waals surface area (Å²) in [5, 5.41) is 2.71. The van der Waals surface area contributed by atoms with Crippen molar-refractivity contribution < 1.29 is 26.4 Å². The van der Waals surface area contributed by atoms with Crippen LogP contribution < -0.4 is 11.1 Å². The van der Waals surface area contributed by atoms with Crippen LogP contribution in [0.5, 0.6) is 0 Å². The number of hydrogen-bond donors (Lipinski definition) is 2. The van der Waals surface area contributed by atoms with Gasteiger partial charge in [0, 0.05) is 43.8 Å². The number of hydrogen-bond acceptors (Lipinski definition) is 4. The van der Waals surface area contributed by atoms with Gasteiger partial charge in [-0.05, 0) is 62.5 Å². The zero-order valence-corrected chi connectivity index (χ0v) is 19.3. The Bertz CT molecular complexity index is 973. The van der Waals surface area contributed by atoms with Crippen LogP contribution in [-0.4, -0.2) is 67.2 Å². The minimum atomic E-state index is -3.56. The lowest BCUT2D eigenvalue weighted by molar-refractivity contribution is 0.170. The zero-order chi connectivity index (χ0) is 23.8. The van der Waals surface area contributed by atoms with Gasteiger partial charge in [0.25, 0.3) is 0 Å². The molecule has 3 fully saturated rings. The number of likely N-dealkylation sites (tertiary alicyclic amines) is 1. The number of halogens is 3. The van der Waals surface area contributed by atoms with Crippen LogP contribution >= 0.6 is 0 Å². The van der Waals surface area contributed by atoms with Crippen molar-refractivity contribution in [3.8, 4) is 0 Å². The Balaban J connectivity index is 1.33. The van der Waals surface area contributed by atoms with E-state index in [0.717, 1.165) is 31.7 Å². The van der Waals surface area contributed by atoms with E-state index in [1.807, 2.05) is 0 Å². The largest absolute Gasteiger partial charge is 0.337 e. The molecule has 1 aromatic rings. The molecular weight excluding hydrogens is 457 g/mol. The summed E-state index contributed by atoms with van der Waals surface area (Å²) in [6.45, 7) is 1.46. The van der Waals surface area contributed by atoms with E-state index in [2.05, 4.69) is 5.32 Å². The maximum Gasteiger partial charge on any atom is 0.317 e. The molecular formula is C22H31F3N4O3S. The van der Waals surface area contributed by atoms with Crippen LogP contribution in [0.3, 0.4) is 0 Å². The van der Waals surface area contributed by atoms with Crippen LogP contribution in [0, 0.1) is 23.4 Å². The predicted molar refractivity (Wildman–Crippen MR) is 117 cm³/mol. The highest BCUT2D eigenvalue weighted by Crippen LogP contribution is 2.42. The highest BCUT2D eigenvalue weighted by atomic mass is 32.2. The highest BCUT2D eigenvalue weighted by molar-refractivity contribution is 7.89. The topological polar surface area (TPSA) is 95.7 Å². The molecule has 1 aromatic carbocycles. The summed E-state index contributed by atoms with van der Waals surface area (Å²) in [5.41, 5.74) is 6.34. The number of fused-ring (bicyclic) bond motifs is 2. The number of rotatable bonds is 7. The molecule has 3 N–H and O–H groups in total. The van der Waals surface area contributed by atoms with E-state index in [-0.39, 0.29) is 48.3 Å². The molecule has 2 amide bonds. The van der Waals surface area contributed by atoms with E-state index >= 15 is 0 Å². The summed E-state index contributed by atoms with van der Waals surface area (Å²) in [7, 11) is -3.56. The lowest BCUT2D eigenvalue weighted by Gasteiger charge is -2.40. The first-order valence-corrected chi connectivity index (χ1v) is 13.2. The molecule has 3 heterocycles. The number of nitrogens with one attached hydrogen (secondary N) is 1. The van der Waals surface area contributed by atoms with Gasteiger partial charge < -0.3 is 16.0 Å². The van der Waals surface area contributed by atoms with Crippen LogP contribution in [0.15, 0.2) is 12.1 Å². The van der Waals surface area contributed by atoms with Crippen molar-refractivity contribution in [3.05, 3.63) is 35.1 Å². The molecule has 7 nitrogen and oxygen atoms in total. The van der Waals surface area contributed by atoms with E-state index in [1.165, 1.54) is 0 Å². The fourth-order valence-corrected chi connectivity index (χ4v) is 7.41. The van der Waals surface area contributed by atoms with Gasteiger partial charge in [-0.2, -0.15) is 4.31 Å². The number of piperidine rings is 1. The highest BCUT2D eigenvalue weighted by Gasteiger charge is 2.47. The van der Waals surface area contributed by atoms with Crippen LogP contribution in [-0.2, 0) is 16.4 Å². The average Bonchev–Trinajstić information content (AvgIpc) is 3.39. The number of benzene rings is 1. The normalized spacial score (nSPS) is 26.5. The SMILES string of the molecule is N[C@H](Cc1cc(F)c(F)cc1F)C1CC2CCC(C1)N2S(=O)(=O)CCNC(=O)N1CCCC1. The second kappa shape index (κ2) is 9.79. The molecule has 4 rings (SSSR count). The molecule has 3 aliphatic rings. The van der Waals surface area contributed by atoms with Crippen LogP contribution in [0.25, 0.3) is 0 Å². The Morgan fingerprint density at radius 2 is 1.67 bits per heavy atom. The Morgan fingerprint density at radius 3 is 2.30 bits per heavy atom. The standard InChI is InChI=1S/C22H31F3N4O3S/c23-18-13-20(25)19(24)11-14(18)12-21(26)15-9-16-3-4-17(10-15)29(16)33(31,32)8-5-27-22(30)28-6-1-2-7-28/h11,13,15-17,21H,1-10,12,26H2,(H,27,30)/t15?,16?,17?,21-/m1/s1. The monoisotopic (exact) mass is 488 g/mol. The lowest BCUT2D eigenvalue weighted by Crippen LogP contribution is -2.52. The summed E-state index contributed by atoms with van der Waals surface area (Å²) in [5.74, 6) is -3.38. The third kappa shape index (κ3) is 5.30. The second-order valence-corrected chi connectivity index (χ2v) is 11.4. The van der Waals surface area contributed by atoms with E-state index in [0.29, 0.717) is 32.0 Å². The number of carbonyl (C=O) groups is 1. The van der Waals surface area contributed by atoms with Crippen molar-refractivity contribution in [1.82, 2.24) is 14.5 Å².